The fraction of sp³-hybridized carbons (Fsp3) is 0.273. The van der Waals surface area contributed by atoms with Gasteiger partial charge in [-0.15, -0.1) is 0 Å². The smallest absolute Gasteiger partial charge is 0.326 e. The molecule has 0 N–H and O–H groups in total. The Labute approximate surface area is 123 Å². The van der Waals surface area contributed by atoms with Gasteiger partial charge in [0.25, 0.3) is 0 Å². The number of ether oxygens (including phenoxy) is 1. The lowest BCUT2D eigenvalue weighted by Gasteiger charge is -2.08. The fourth-order valence-electron chi connectivity index (χ4n) is 1.16. The molecule has 92 valence electrons. The van der Waals surface area contributed by atoms with Gasteiger partial charge in [0, 0.05) is 15.6 Å². The molecule has 0 aromatic heterocycles. The molecule has 0 fully saturated rings. The zero-order chi connectivity index (χ0) is 13.0. The van der Waals surface area contributed by atoms with Gasteiger partial charge in [0.05, 0.1) is 6.61 Å². The maximum Gasteiger partial charge on any atom is 0.326 e. The molecular weight excluding hydrogens is 378 g/mol. The molecule has 6 heteroatoms. The number of alkyl halides is 1. The Morgan fingerprint density at radius 3 is 2.29 bits per heavy atom. The van der Waals surface area contributed by atoms with Gasteiger partial charge in [-0.25, -0.2) is 0 Å². The Morgan fingerprint density at radius 2 is 1.82 bits per heavy atom. The first-order valence-corrected chi connectivity index (χ1v) is 6.77. The molecule has 1 rings (SSSR count). The summed E-state index contributed by atoms with van der Waals surface area (Å²) in [5, 5.41) is 0.710. The molecule has 1 aromatic rings. The summed E-state index contributed by atoms with van der Waals surface area (Å²) in [5.41, 5.74) is 0.301. The van der Waals surface area contributed by atoms with Gasteiger partial charge in [0.15, 0.2) is 9.71 Å². The second-order valence-corrected chi connectivity index (χ2v) is 5.26. The van der Waals surface area contributed by atoms with Crippen molar-refractivity contribution >= 4 is 57.5 Å². The molecule has 1 atom stereocenters. The van der Waals surface area contributed by atoms with Crippen molar-refractivity contribution in [2.24, 2.45) is 0 Å². The van der Waals surface area contributed by atoms with E-state index >= 15 is 0 Å². The van der Waals surface area contributed by atoms with Crippen molar-refractivity contribution in [1.29, 1.82) is 0 Å². The number of halogens is 3. The Hall–Kier alpha value is -0.330. The number of esters is 1. The Balaban J connectivity index is 2.92. The molecule has 1 unspecified atom stereocenters. The van der Waals surface area contributed by atoms with Gasteiger partial charge in [-0.1, -0.05) is 45.8 Å². The number of hydrogen-bond donors (Lipinski definition) is 0. The number of Topliss-reactive ketones (excluding diaryl/α,β-unsaturated/α-hetero) is 1. The molecule has 0 saturated heterocycles. The predicted octanol–water partition coefficient (Wildman–Crippen LogP) is 3.54. The van der Waals surface area contributed by atoms with Gasteiger partial charge >= 0.3 is 5.97 Å². The van der Waals surface area contributed by atoms with E-state index in [4.69, 9.17) is 27.9 Å². The summed E-state index contributed by atoms with van der Waals surface area (Å²) >= 11 is 13.3. The van der Waals surface area contributed by atoms with Crippen molar-refractivity contribution in [3.63, 3.8) is 0 Å². The van der Waals surface area contributed by atoms with E-state index in [1.54, 1.807) is 29.5 Å². The molecule has 0 heterocycles. The van der Waals surface area contributed by atoms with Crippen LogP contribution in [0.1, 0.15) is 17.3 Å². The van der Waals surface area contributed by atoms with Crippen LogP contribution in [0.3, 0.4) is 0 Å². The third-order valence-electron chi connectivity index (χ3n) is 1.87. The molecule has 3 nitrogen and oxygen atoms in total. The van der Waals surface area contributed by atoms with Gasteiger partial charge in [-0.3, -0.25) is 9.59 Å². The molecule has 17 heavy (non-hydrogen) atoms. The highest BCUT2D eigenvalue weighted by Crippen LogP contribution is 2.22. The Morgan fingerprint density at radius 1 is 1.29 bits per heavy atom. The number of ketones is 1. The summed E-state index contributed by atoms with van der Waals surface area (Å²) in [6.45, 7) is 1.92. The van der Waals surface area contributed by atoms with Gasteiger partial charge in [0.1, 0.15) is 0 Å². The lowest BCUT2D eigenvalue weighted by Crippen LogP contribution is -2.26. The van der Waals surface area contributed by atoms with Crippen molar-refractivity contribution in [3.8, 4) is 0 Å². The van der Waals surface area contributed by atoms with Crippen LogP contribution < -0.4 is 0 Å². The summed E-state index contributed by atoms with van der Waals surface area (Å²) < 4.78 is 3.89. The van der Waals surface area contributed by atoms with Crippen LogP contribution in [0, 0.1) is 0 Å². The van der Waals surface area contributed by atoms with E-state index in [1.807, 2.05) is 0 Å². The summed E-state index contributed by atoms with van der Waals surface area (Å²) in [6.07, 6.45) is 0. The summed E-state index contributed by atoms with van der Waals surface area (Å²) in [5.74, 6) is -0.928. The van der Waals surface area contributed by atoms with Gasteiger partial charge < -0.3 is 4.74 Å². The molecule has 0 aliphatic carbocycles. The Kier molecular flexibility index (Phi) is 5.69. The highest BCUT2D eigenvalue weighted by molar-refractivity contribution is 14.1. The van der Waals surface area contributed by atoms with Crippen molar-refractivity contribution in [1.82, 2.24) is 0 Å². The number of benzene rings is 1. The van der Waals surface area contributed by atoms with Crippen LogP contribution in [0.5, 0.6) is 0 Å². The predicted molar refractivity (Wildman–Crippen MR) is 75.2 cm³/mol. The van der Waals surface area contributed by atoms with Crippen molar-refractivity contribution < 1.29 is 14.3 Å². The molecule has 0 aliphatic heterocycles. The largest absolute Gasteiger partial charge is 0.465 e. The molecule has 0 amide bonds. The average Bonchev–Trinajstić information content (AvgIpc) is 2.26. The third kappa shape index (κ3) is 4.12. The van der Waals surface area contributed by atoms with Crippen molar-refractivity contribution in [3.05, 3.63) is 33.8 Å². The van der Waals surface area contributed by atoms with E-state index in [1.165, 1.54) is 18.2 Å². The number of rotatable bonds is 4. The number of carbonyl (C=O) groups excluding carboxylic acids is 2. The topological polar surface area (TPSA) is 43.4 Å². The van der Waals surface area contributed by atoms with E-state index in [-0.39, 0.29) is 12.4 Å². The van der Waals surface area contributed by atoms with E-state index in [0.717, 1.165) is 0 Å². The first-order chi connectivity index (χ1) is 7.95. The molecule has 0 aliphatic rings. The fourth-order valence-corrected chi connectivity index (χ4v) is 2.23. The lowest BCUT2D eigenvalue weighted by molar-refractivity contribution is -0.141. The standard InChI is InChI=1S/C11H9Cl2IO3/c1-2-17-11(16)9(14)10(15)6-3-7(12)5-8(13)4-6/h3-5,9H,2H2,1H3. The lowest BCUT2D eigenvalue weighted by atomic mass is 10.1. The maximum absolute atomic E-state index is 11.9. The van der Waals surface area contributed by atoms with E-state index in [2.05, 4.69) is 0 Å². The SMILES string of the molecule is CCOC(=O)C(I)C(=O)c1cc(Cl)cc(Cl)c1. The second kappa shape index (κ2) is 6.56. The van der Waals surface area contributed by atoms with Crippen LogP contribution >= 0.6 is 45.8 Å². The van der Waals surface area contributed by atoms with Crippen LogP contribution in [-0.4, -0.2) is 22.3 Å². The van der Waals surface area contributed by atoms with E-state index in [9.17, 15) is 9.59 Å². The third-order valence-corrected chi connectivity index (χ3v) is 3.38. The van der Waals surface area contributed by atoms with E-state index < -0.39 is 9.89 Å². The average molecular weight is 387 g/mol. The van der Waals surface area contributed by atoms with Gasteiger partial charge in [-0.05, 0) is 25.1 Å². The normalized spacial score (nSPS) is 12.0. The monoisotopic (exact) mass is 386 g/mol. The van der Waals surface area contributed by atoms with Crippen LogP contribution in [0.25, 0.3) is 0 Å². The minimum atomic E-state index is -0.887. The minimum absolute atomic E-state index is 0.238. The molecule has 0 spiro atoms. The summed E-state index contributed by atoms with van der Waals surface area (Å²) in [6, 6.07) is 4.47. The number of carbonyl (C=O) groups is 2. The van der Waals surface area contributed by atoms with Crippen LogP contribution in [-0.2, 0) is 9.53 Å². The zero-order valence-corrected chi connectivity index (χ0v) is 12.5. The molecular formula is C11H9Cl2IO3. The first-order valence-electron chi connectivity index (χ1n) is 4.76. The maximum atomic E-state index is 11.9. The Bertz CT molecular complexity index is 428. The zero-order valence-electron chi connectivity index (χ0n) is 8.88. The highest BCUT2D eigenvalue weighted by Gasteiger charge is 2.26. The van der Waals surface area contributed by atoms with Crippen LogP contribution in [0.15, 0.2) is 18.2 Å². The quantitative estimate of drug-likeness (QED) is 0.261. The van der Waals surface area contributed by atoms with Gasteiger partial charge in [0.2, 0.25) is 0 Å². The molecule has 1 aromatic carbocycles. The molecule has 0 saturated carbocycles. The summed E-state index contributed by atoms with van der Waals surface area (Å²) in [7, 11) is 0. The van der Waals surface area contributed by atoms with Crippen LogP contribution in [0.2, 0.25) is 10.0 Å². The van der Waals surface area contributed by atoms with Crippen molar-refractivity contribution in [2.75, 3.05) is 6.61 Å². The molecule has 0 radical (unpaired) electrons. The highest BCUT2D eigenvalue weighted by atomic mass is 127. The second-order valence-electron chi connectivity index (χ2n) is 3.14. The minimum Gasteiger partial charge on any atom is -0.465 e. The van der Waals surface area contributed by atoms with E-state index in [0.29, 0.717) is 15.6 Å². The van der Waals surface area contributed by atoms with Gasteiger partial charge in [-0.2, -0.15) is 0 Å². The van der Waals surface area contributed by atoms with Crippen LogP contribution in [0.4, 0.5) is 0 Å². The summed E-state index contributed by atoms with van der Waals surface area (Å²) in [4.78, 5) is 23.4. The van der Waals surface area contributed by atoms with Crippen molar-refractivity contribution in [2.45, 2.75) is 10.8 Å². The number of hydrogen-bond acceptors (Lipinski definition) is 3. The molecule has 0 bridgehead atoms. The first kappa shape index (κ1) is 14.7.